The summed E-state index contributed by atoms with van der Waals surface area (Å²) >= 11 is 5.25. The number of hydrogen-bond acceptors (Lipinski definition) is 3. The number of benzene rings is 1. The highest BCUT2D eigenvalue weighted by Gasteiger charge is 2.20. The van der Waals surface area contributed by atoms with Gasteiger partial charge in [-0.15, -0.1) is 0 Å². The SMILES string of the molecule is CN(CC1CCOCC1)CC(C(N)=S)c1ccccc1. The fraction of sp³-hybridized carbons (Fsp3) is 0.562. The van der Waals surface area contributed by atoms with Crippen LogP contribution in [0.15, 0.2) is 30.3 Å². The molecule has 2 rings (SSSR count). The minimum absolute atomic E-state index is 0.135. The first kappa shape index (κ1) is 15.4. The van der Waals surface area contributed by atoms with Crippen LogP contribution in [0.1, 0.15) is 24.3 Å². The standard InChI is InChI=1S/C16H24N2OS/c1-18(11-13-7-9-19-10-8-13)12-15(16(17)20)14-5-3-2-4-6-14/h2-6,13,15H,7-12H2,1H3,(H2,17,20). The van der Waals surface area contributed by atoms with Crippen molar-refractivity contribution in [2.75, 3.05) is 33.4 Å². The van der Waals surface area contributed by atoms with Crippen LogP contribution in [0.5, 0.6) is 0 Å². The van der Waals surface area contributed by atoms with Crippen molar-refractivity contribution < 1.29 is 4.74 Å². The Balaban J connectivity index is 1.92. The van der Waals surface area contributed by atoms with Gasteiger partial charge in [-0.3, -0.25) is 0 Å². The lowest BCUT2D eigenvalue weighted by molar-refractivity contribution is 0.0556. The third-order valence-corrected chi connectivity index (χ3v) is 4.23. The van der Waals surface area contributed by atoms with E-state index in [4.69, 9.17) is 22.7 Å². The third-order valence-electron chi connectivity index (χ3n) is 3.95. The maximum Gasteiger partial charge on any atom is 0.0816 e. The molecular formula is C16H24N2OS. The van der Waals surface area contributed by atoms with E-state index in [0.29, 0.717) is 4.99 Å². The van der Waals surface area contributed by atoms with E-state index in [0.717, 1.165) is 45.1 Å². The lowest BCUT2D eigenvalue weighted by Crippen LogP contribution is -2.36. The van der Waals surface area contributed by atoms with Crippen LogP contribution in [0.4, 0.5) is 0 Å². The summed E-state index contributed by atoms with van der Waals surface area (Å²) in [5.41, 5.74) is 7.14. The second kappa shape index (κ2) is 7.72. The first-order valence-electron chi connectivity index (χ1n) is 7.27. The Labute approximate surface area is 127 Å². The Morgan fingerprint density at radius 3 is 2.60 bits per heavy atom. The van der Waals surface area contributed by atoms with E-state index in [1.54, 1.807) is 0 Å². The van der Waals surface area contributed by atoms with E-state index in [1.165, 1.54) is 5.56 Å². The Morgan fingerprint density at radius 1 is 1.35 bits per heavy atom. The summed E-state index contributed by atoms with van der Waals surface area (Å²) < 4.78 is 5.41. The number of thiocarbonyl (C=S) groups is 1. The van der Waals surface area contributed by atoms with Crippen LogP contribution in [0.3, 0.4) is 0 Å². The largest absolute Gasteiger partial charge is 0.393 e. The molecule has 20 heavy (non-hydrogen) atoms. The Morgan fingerprint density at radius 2 is 2.00 bits per heavy atom. The maximum atomic E-state index is 5.93. The van der Waals surface area contributed by atoms with Gasteiger partial charge in [0.2, 0.25) is 0 Å². The zero-order chi connectivity index (χ0) is 14.4. The average Bonchev–Trinajstić information content (AvgIpc) is 2.46. The van der Waals surface area contributed by atoms with Crippen molar-refractivity contribution in [1.82, 2.24) is 4.90 Å². The quantitative estimate of drug-likeness (QED) is 0.817. The fourth-order valence-electron chi connectivity index (χ4n) is 2.80. The maximum absolute atomic E-state index is 5.93. The van der Waals surface area contributed by atoms with Crippen LogP contribution in [0.2, 0.25) is 0 Å². The molecule has 4 heteroatoms. The van der Waals surface area contributed by atoms with Gasteiger partial charge < -0.3 is 15.4 Å². The summed E-state index contributed by atoms with van der Waals surface area (Å²) in [6.45, 7) is 3.78. The Bertz CT molecular complexity index is 418. The molecule has 3 nitrogen and oxygen atoms in total. The number of ether oxygens (including phenoxy) is 1. The smallest absolute Gasteiger partial charge is 0.0816 e. The molecule has 0 saturated carbocycles. The van der Waals surface area contributed by atoms with Crippen molar-refractivity contribution in [3.05, 3.63) is 35.9 Å². The molecule has 1 aromatic carbocycles. The molecule has 110 valence electrons. The molecule has 0 amide bonds. The monoisotopic (exact) mass is 292 g/mol. The van der Waals surface area contributed by atoms with Gasteiger partial charge in [-0.2, -0.15) is 0 Å². The van der Waals surface area contributed by atoms with Crippen LogP contribution < -0.4 is 5.73 Å². The van der Waals surface area contributed by atoms with Crippen LogP contribution in [0.25, 0.3) is 0 Å². The molecule has 1 unspecified atom stereocenters. The molecule has 1 aliphatic rings. The molecule has 0 radical (unpaired) electrons. The molecule has 1 atom stereocenters. The molecular weight excluding hydrogens is 268 g/mol. The van der Waals surface area contributed by atoms with Crippen molar-refractivity contribution in [3.8, 4) is 0 Å². The first-order chi connectivity index (χ1) is 9.66. The van der Waals surface area contributed by atoms with E-state index in [9.17, 15) is 0 Å². The van der Waals surface area contributed by atoms with Crippen molar-refractivity contribution in [2.45, 2.75) is 18.8 Å². The molecule has 0 bridgehead atoms. The Hall–Kier alpha value is -0.970. The van der Waals surface area contributed by atoms with E-state index < -0.39 is 0 Å². The summed E-state index contributed by atoms with van der Waals surface area (Å²) in [7, 11) is 2.16. The number of hydrogen-bond donors (Lipinski definition) is 1. The predicted molar refractivity (Wildman–Crippen MR) is 87.0 cm³/mol. The molecule has 1 fully saturated rings. The fourth-order valence-corrected chi connectivity index (χ4v) is 3.01. The van der Waals surface area contributed by atoms with Gasteiger partial charge in [0.15, 0.2) is 0 Å². The zero-order valence-electron chi connectivity index (χ0n) is 12.1. The second-order valence-corrected chi connectivity index (χ2v) is 6.11. The average molecular weight is 292 g/mol. The van der Waals surface area contributed by atoms with Crippen LogP contribution >= 0.6 is 12.2 Å². The highest BCUT2D eigenvalue weighted by Crippen LogP contribution is 2.20. The van der Waals surface area contributed by atoms with Crippen LogP contribution in [-0.4, -0.2) is 43.2 Å². The highest BCUT2D eigenvalue weighted by atomic mass is 32.1. The molecule has 1 saturated heterocycles. The van der Waals surface area contributed by atoms with Gasteiger partial charge in [-0.25, -0.2) is 0 Å². The number of nitrogens with two attached hydrogens (primary N) is 1. The van der Waals surface area contributed by atoms with Gasteiger partial charge in [0, 0.05) is 32.2 Å². The van der Waals surface area contributed by atoms with Gasteiger partial charge in [0.1, 0.15) is 0 Å². The third kappa shape index (κ3) is 4.54. The number of rotatable bonds is 6. The van der Waals surface area contributed by atoms with Crippen LogP contribution in [0, 0.1) is 5.92 Å². The minimum Gasteiger partial charge on any atom is -0.393 e. The Kier molecular flexibility index (Phi) is 5.95. The topological polar surface area (TPSA) is 38.5 Å². The van der Waals surface area contributed by atoms with Crippen molar-refractivity contribution in [3.63, 3.8) is 0 Å². The molecule has 1 heterocycles. The minimum atomic E-state index is 0.135. The first-order valence-corrected chi connectivity index (χ1v) is 7.68. The normalized spacial score (nSPS) is 18.1. The lowest BCUT2D eigenvalue weighted by Gasteiger charge is -2.29. The summed E-state index contributed by atoms with van der Waals surface area (Å²) in [4.78, 5) is 2.93. The van der Waals surface area contributed by atoms with Crippen molar-refractivity contribution >= 4 is 17.2 Å². The molecule has 2 N–H and O–H groups in total. The second-order valence-electron chi connectivity index (χ2n) is 5.64. The van der Waals surface area contributed by atoms with E-state index in [-0.39, 0.29) is 5.92 Å². The van der Waals surface area contributed by atoms with Crippen LogP contribution in [-0.2, 0) is 4.74 Å². The number of nitrogens with zero attached hydrogens (tertiary/aromatic N) is 1. The van der Waals surface area contributed by atoms with Crippen molar-refractivity contribution in [2.24, 2.45) is 11.7 Å². The van der Waals surface area contributed by atoms with Gasteiger partial charge in [-0.05, 0) is 31.4 Å². The summed E-state index contributed by atoms with van der Waals surface area (Å²) in [6.07, 6.45) is 2.32. The molecule has 0 aliphatic carbocycles. The van der Waals surface area contributed by atoms with Gasteiger partial charge in [0.05, 0.1) is 4.99 Å². The summed E-state index contributed by atoms with van der Waals surface area (Å²) in [5.74, 6) is 0.868. The highest BCUT2D eigenvalue weighted by molar-refractivity contribution is 7.80. The van der Waals surface area contributed by atoms with Crippen molar-refractivity contribution in [1.29, 1.82) is 0 Å². The lowest BCUT2D eigenvalue weighted by atomic mass is 9.96. The van der Waals surface area contributed by atoms with Gasteiger partial charge in [0.25, 0.3) is 0 Å². The van der Waals surface area contributed by atoms with E-state index >= 15 is 0 Å². The predicted octanol–water partition coefficient (Wildman–Crippen LogP) is 2.41. The van der Waals surface area contributed by atoms with Gasteiger partial charge in [-0.1, -0.05) is 42.5 Å². The molecule has 0 spiro atoms. The summed E-state index contributed by atoms with van der Waals surface area (Å²) in [6, 6.07) is 10.3. The summed E-state index contributed by atoms with van der Waals surface area (Å²) in [5, 5.41) is 0. The molecule has 1 aromatic rings. The molecule has 0 aromatic heterocycles. The van der Waals surface area contributed by atoms with E-state index in [2.05, 4.69) is 24.1 Å². The van der Waals surface area contributed by atoms with Gasteiger partial charge >= 0.3 is 0 Å². The van der Waals surface area contributed by atoms with E-state index in [1.807, 2.05) is 18.2 Å². The zero-order valence-corrected chi connectivity index (χ0v) is 12.9. The molecule has 1 aliphatic heterocycles. The number of likely N-dealkylation sites (N-methyl/N-ethyl adjacent to an activating group) is 1.